The van der Waals surface area contributed by atoms with Crippen molar-refractivity contribution in [3.05, 3.63) is 45.6 Å². The molecule has 7 heteroatoms. The van der Waals surface area contributed by atoms with Crippen LogP contribution in [0.5, 0.6) is 0 Å². The molecule has 0 saturated carbocycles. The standard InChI is InChI=1S/C16H15BrN2O3S/c1-3-22-15(21)13-9(2)18-16-19(12(20)8-23-16)14(13)10-4-6-11(17)7-5-10/h4-7,14H,3,8H2,1-2H3/t14-/m0/s1. The van der Waals surface area contributed by atoms with Gasteiger partial charge in [0, 0.05) is 4.47 Å². The summed E-state index contributed by atoms with van der Waals surface area (Å²) in [5.41, 5.74) is 1.89. The van der Waals surface area contributed by atoms with E-state index in [4.69, 9.17) is 4.74 Å². The predicted molar refractivity (Wildman–Crippen MR) is 93.0 cm³/mol. The van der Waals surface area contributed by atoms with Gasteiger partial charge in [0.25, 0.3) is 0 Å². The molecule has 0 spiro atoms. The summed E-state index contributed by atoms with van der Waals surface area (Å²) >= 11 is 4.80. The summed E-state index contributed by atoms with van der Waals surface area (Å²) in [6, 6.07) is 7.11. The molecule has 3 rings (SSSR count). The van der Waals surface area contributed by atoms with Gasteiger partial charge >= 0.3 is 5.97 Å². The molecule has 2 aliphatic rings. The average Bonchev–Trinajstić information content (AvgIpc) is 2.88. The van der Waals surface area contributed by atoms with E-state index < -0.39 is 12.0 Å². The second-order valence-corrected chi connectivity index (χ2v) is 6.98. The van der Waals surface area contributed by atoms with Gasteiger partial charge in [-0.05, 0) is 31.5 Å². The molecular weight excluding hydrogens is 380 g/mol. The Bertz CT molecular complexity index is 727. The van der Waals surface area contributed by atoms with Crippen LogP contribution in [0.1, 0.15) is 25.5 Å². The van der Waals surface area contributed by atoms with Crippen LogP contribution in [0.25, 0.3) is 0 Å². The summed E-state index contributed by atoms with van der Waals surface area (Å²) in [7, 11) is 0. The highest BCUT2D eigenvalue weighted by molar-refractivity contribution is 9.10. The molecule has 0 aliphatic carbocycles. The number of allylic oxidation sites excluding steroid dienone is 1. The summed E-state index contributed by atoms with van der Waals surface area (Å²) in [5.74, 6) is -0.128. The third-order valence-corrected chi connectivity index (χ3v) is 5.13. The van der Waals surface area contributed by atoms with E-state index in [1.807, 2.05) is 24.3 Å². The number of ether oxygens (including phenoxy) is 1. The fourth-order valence-corrected chi connectivity index (χ4v) is 3.88. The molecule has 1 fully saturated rings. The van der Waals surface area contributed by atoms with Crippen molar-refractivity contribution in [1.82, 2.24) is 4.90 Å². The van der Waals surface area contributed by atoms with E-state index in [1.54, 1.807) is 18.7 Å². The largest absolute Gasteiger partial charge is 0.463 e. The van der Waals surface area contributed by atoms with Crippen LogP contribution in [0.3, 0.4) is 0 Å². The maximum absolute atomic E-state index is 12.5. The molecule has 0 radical (unpaired) electrons. The molecule has 1 aromatic carbocycles. The first-order chi connectivity index (χ1) is 11.0. The lowest BCUT2D eigenvalue weighted by Crippen LogP contribution is -2.39. The summed E-state index contributed by atoms with van der Waals surface area (Å²) in [6.45, 7) is 3.82. The maximum Gasteiger partial charge on any atom is 0.338 e. The Kier molecular flexibility index (Phi) is 4.59. The normalized spacial score (nSPS) is 20.5. The van der Waals surface area contributed by atoms with Crippen LogP contribution in [0.2, 0.25) is 0 Å². The van der Waals surface area contributed by atoms with Crippen LogP contribution in [0.15, 0.2) is 45.0 Å². The number of benzene rings is 1. The molecule has 2 heterocycles. The number of esters is 1. The van der Waals surface area contributed by atoms with Crippen molar-refractivity contribution >= 4 is 44.7 Å². The lowest BCUT2D eigenvalue weighted by molar-refractivity contribution is -0.139. The van der Waals surface area contributed by atoms with Gasteiger partial charge in [0.1, 0.15) is 0 Å². The minimum atomic E-state index is -0.489. The minimum absolute atomic E-state index is 0.0454. The number of fused-ring (bicyclic) bond motifs is 1. The van der Waals surface area contributed by atoms with Gasteiger partial charge in [-0.15, -0.1) is 0 Å². The second-order valence-electron chi connectivity index (χ2n) is 5.12. The van der Waals surface area contributed by atoms with E-state index in [0.29, 0.717) is 22.2 Å². The van der Waals surface area contributed by atoms with Crippen LogP contribution in [0.4, 0.5) is 0 Å². The number of rotatable bonds is 3. The third kappa shape index (κ3) is 2.95. The highest BCUT2D eigenvalue weighted by Gasteiger charge is 2.43. The molecule has 1 saturated heterocycles. The Morgan fingerprint density at radius 2 is 2.13 bits per heavy atom. The number of hydrogen-bond donors (Lipinski definition) is 0. The SMILES string of the molecule is CCOC(=O)C1=C(C)N=C2SCC(=O)N2[C@H]1c1ccc(Br)cc1. The zero-order valence-corrected chi connectivity index (χ0v) is 15.1. The number of thioether (sulfide) groups is 1. The quantitative estimate of drug-likeness (QED) is 0.738. The summed E-state index contributed by atoms with van der Waals surface area (Å²) in [4.78, 5) is 30.8. The van der Waals surface area contributed by atoms with E-state index in [9.17, 15) is 9.59 Å². The molecule has 0 unspecified atom stereocenters. The van der Waals surface area contributed by atoms with Gasteiger partial charge in [-0.1, -0.05) is 39.8 Å². The first-order valence-electron chi connectivity index (χ1n) is 7.19. The third-order valence-electron chi connectivity index (χ3n) is 3.67. The van der Waals surface area contributed by atoms with Crippen LogP contribution < -0.4 is 0 Å². The topological polar surface area (TPSA) is 59.0 Å². The van der Waals surface area contributed by atoms with Crippen molar-refractivity contribution in [3.8, 4) is 0 Å². The smallest absolute Gasteiger partial charge is 0.338 e. The predicted octanol–water partition coefficient (Wildman–Crippen LogP) is 3.27. The average molecular weight is 395 g/mol. The number of carbonyl (C=O) groups is 2. The van der Waals surface area contributed by atoms with Gasteiger partial charge in [0.15, 0.2) is 5.17 Å². The van der Waals surface area contributed by atoms with Crippen molar-refractivity contribution < 1.29 is 14.3 Å². The number of carbonyl (C=O) groups excluding carboxylic acids is 2. The van der Waals surface area contributed by atoms with Crippen LogP contribution in [-0.4, -0.2) is 34.3 Å². The molecule has 1 aromatic rings. The van der Waals surface area contributed by atoms with E-state index >= 15 is 0 Å². The summed E-state index contributed by atoms with van der Waals surface area (Å²) in [5, 5.41) is 0.647. The minimum Gasteiger partial charge on any atom is -0.463 e. The monoisotopic (exact) mass is 394 g/mol. The number of hydrogen-bond acceptors (Lipinski definition) is 5. The van der Waals surface area contributed by atoms with Crippen LogP contribution in [0, 0.1) is 0 Å². The number of nitrogens with zero attached hydrogens (tertiary/aromatic N) is 2. The molecule has 0 aromatic heterocycles. The Balaban J connectivity index is 2.13. The number of halogens is 1. The van der Waals surface area contributed by atoms with Crippen molar-refractivity contribution in [2.24, 2.45) is 4.99 Å². The number of aliphatic imine (C=N–C) groups is 1. The van der Waals surface area contributed by atoms with Crippen LogP contribution >= 0.6 is 27.7 Å². The lowest BCUT2D eigenvalue weighted by atomic mass is 9.94. The first-order valence-corrected chi connectivity index (χ1v) is 8.97. The zero-order valence-electron chi connectivity index (χ0n) is 12.7. The molecule has 0 N–H and O–H groups in total. The molecule has 120 valence electrons. The summed E-state index contributed by atoms with van der Waals surface area (Å²) in [6.07, 6.45) is 0. The van der Waals surface area contributed by atoms with Gasteiger partial charge < -0.3 is 4.74 Å². The Labute approximate surface area is 146 Å². The van der Waals surface area contributed by atoms with E-state index in [2.05, 4.69) is 20.9 Å². The molecule has 5 nitrogen and oxygen atoms in total. The molecule has 1 amide bonds. The number of amides is 1. The second kappa shape index (κ2) is 6.49. The molecule has 23 heavy (non-hydrogen) atoms. The fraction of sp³-hybridized carbons (Fsp3) is 0.312. The Morgan fingerprint density at radius 1 is 1.43 bits per heavy atom. The summed E-state index contributed by atoms with van der Waals surface area (Å²) < 4.78 is 6.13. The molecular formula is C16H15BrN2O3S. The molecule has 1 atom stereocenters. The van der Waals surface area contributed by atoms with Crippen molar-refractivity contribution in [2.45, 2.75) is 19.9 Å². The van der Waals surface area contributed by atoms with Crippen molar-refractivity contribution in [2.75, 3.05) is 12.4 Å². The van der Waals surface area contributed by atoms with E-state index in [-0.39, 0.29) is 12.5 Å². The lowest BCUT2D eigenvalue weighted by Gasteiger charge is -2.32. The van der Waals surface area contributed by atoms with Gasteiger partial charge in [0.2, 0.25) is 5.91 Å². The van der Waals surface area contributed by atoms with Gasteiger partial charge in [-0.2, -0.15) is 0 Å². The highest BCUT2D eigenvalue weighted by Crippen LogP contribution is 2.41. The number of amidine groups is 1. The highest BCUT2D eigenvalue weighted by atomic mass is 79.9. The van der Waals surface area contributed by atoms with Gasteiger partial charge in [-0.3, -0.25) is 9.69 Å². The fourth-order valence-electron chi connectivity index (χ4n) is 2.67. The van der Waals surface area contributed by atoms with E-state index in [1.165, 1.54) is 11.8 Å². The van der Waals surface area contributed by atoms with E-state index in [0.717, 1.165) is 10.0 Å². The van der Waals surface area contributed by atoms with Crippen molar-refractivity contribution in [1.29, 1.82) is 0 Å². The van der Waals surface area contributed by atoms with Gasteiger partial charge in [0.05, 0.1) is 29.7 Å². The van der Waals surface area contributed by atoms with Crippen molar-refractivity contribution in [3.63, 3.8) is 0 Å². The molecule has 0 bridgehead atoms. The first kappa shape index (κ1) is 16.3. The molecule has 2 aliphatic heterocycles. The van der Waals surface area contributed by atoms with Gasteiger partial charge in [-0.25, -0.2) is 9.79 Å². The van der Waals surface area contributed by atoms with Crippen LogP contribution in [-0.2, 0) is 14.3 Å². The Morgan fingerprint density at radius 3 is 2.78 bits per heavy atom. The zero-order chi connectivity index (χ0) is 16.6. The Hall–Kier alpha value is -1.60. The maximum atomic E-state index is 12.5.